The number of rotatable bonds is 3. The molecule has 0 radical (unpaired) electrons. The van der Waals surface area contributed by atoms with E-state index in [1.165, 1.54) is 0 Å². The summed E-state index contributed by atoms with van der Waals surface area (Å²) in [6, 6.07) is 7.76. The molecular weight excluding hydrogens is 182 g/mol. The molecule has 3 heteroatoms. The van der Waals surface area contributed by atoms with Crippen LogP contribution in [0, 0.1) is 0 Å². The van der Waals surface area contributed by atoms with Gasteiger partial charge in [-0.15, -0.1) is 0 Å². The number of nitrogens with one attached hydrogen (secondary N) is 1. The maximum absolute atomic E-state index is 9.04. The van der Waals surface area contributed by atoms with Gasteiger partial charge in [0.2, 0.25) is 0 Å². The second kappa shape index (κ2) is 4.94. The third kappa shape index (κ3) is 2.79. The summed E-state index contributed by atoms with van der Waals surface area (Å²) in [6.45, 7) is 0.0719. The number of hydrogen-bond acceptors (Lipinski definition) is 2. The van der Waals surface area contributed by atoms with Gasteiger partial charge in [0.15, 0.2) is 0 Å². The summed E-state index contributed by atoms with van der Waals surface area (Å²) >= 11 is 5.05. The maximum atomic E-state index is 9.04. The van der Waals surface area contributed by atoms with Gasteiger partial charge in [0.1, 0.15) is 0 Å². The molecule has 0 aliphatic heterocycles. The minimum absolute atomic E-state index is 0.0719. The van der Waals surface area contributed by atoms with Gasteiger partial charge in [0.05, 0.1) is 11.6 Å². The molecule has 1 aromatic carbocycles. The van der Waals surface area contributed by atoms with Crippen molar-refractivity contribution in [2.24, 2.45) is 0 Å². The van der Waals surface area contributed by atoms with Gasteiger partial charge in [-0.05, 0) is 11.1 Å². The van der Waals surface area contributed by atoms with Gasteiger partial charge in [-0.3, -0.25) is 0 Å². The van der Waals surface area contributed by atoms with Gasteiger partial charge in [0, 0.05) is 13.5 Å². The molecule has 0 saturated heterocycles. The summed E-state index contributed by atoms with van der Waals surface area (Å²) < 4.78 is 0. The molecule has 1 rings (SSSR count). The topological polar surface area (TPSA) is 32.3 Å². The molecule has 2 N–H and O–H groups in total. The van der Waals surface area contributed by atoms with Gasteiger partial charge in [-0.2, -0.15) is 0 Å². The molecule has 0 aromatic heterocycles. The molecule has 0 fully saturated rings. The molecule has 0 heterocycles. The average molecular weight is 195 g/mol. The molecule has 70 valence electrons. The number of likely N-dealkylation sites (N-methyl/N-ethyl adjacent to an activating group) is 1. The molecule has 0 spiro atoms. The van der Waals surface area contributed by atoms with Crippen molar-refractivity contribution in [1.29, 1.82) is 0 Å². The number of hydrogen-bond donors (Lipinski definition) is 2. The second-order valence-corrected chi connectivity index (χ2v) is 3.27. The smallest absolute Gasteiger partial charge is 0.0795 e. The van der Waals surface area contributed by atoms with Gasteiger partial charge < -0.3 is 10.4 Å². The summed E-state index contributed by atoms with van der Waals surface area (Å²) in [6.07, 6.45) is 0.697. The van der Waals surface area contributed by atoms with Crippen molar-refractivity contribution in [3.05, 3.63) is 35.4 Å². The molecule has 0 unspecified atom stereocenters. The highest BCUT2D eigenvalue weighted by Gasteiger charge is 2.01. The van der Waals surface area contributed by atoms with Crippen LogP contribution in [0.5, 0.6) is 0 Å². The van der Waals surface area contributed by atoms with E-state index < -0.39 is 0 Å². The fraction of sp³-hybridized carbons (Fsp3) is 0.300. The first kappa shape index (κ1) is 10.2. The largest absolute Gasteiger partial charge is 0.392 e. The van der Waals surface area contributed by atoms with Crippen molar-refractivity contribution in [2.45, 2.75) is 13.0 Å². The van der Waals surface area contributed by atoms with E-state index in [9.17, 15) is 0 Å². The van der Waals surface area contributed by atoms with Crippen LogP contribution in [0.2, 0.25) is 0 Å². The minimum Gasteiger partial charge on any atom is -0.392 e. The molecule has 1 aromatic rings. The fourth-order valence-corrected chi connectivity index (χ4v) is 1.30. The number of benzene rings is 1. The zero-order valence-electron chi connectivity index (χ0n) is 7.58. The first-order valence-electron chi connectivity index (χ1n) is 4.16. The average Bonchev–Trinajstić information content (AvgIpc) is 2.18. The molecule has 0 aliphatic carbocycles. The number of aliphatic hydroxyl groups is 1. The number of thiocarbonyl (C=S) groups is 1. The Hall–Kier alpha value is -0.930. The molecule has 0 aliphatic rings. The fourth-order valence-electron chi connectivity index (χ4n) is 1.15. The lowest BCUT2D eigenvalue weighted by Crippen LogP contribution is -2.18. The second-order valence-electron chi connectivity index (χ2n) is 2.78. The quantitative estimate of drug-likeness (QED) is 0.712. The summed E-state index contributed by atoms with van der Waals surface area (Å²) in [5.74, 6) is 0. The van der Waals surface area contributed by atoms with Crippen LogP contribution in [0.4, 0.5) is 0 Å². The minimum atomic E-state index is 0.0719. The van der Waals surface area contributed by atoms with Crippen molar-refractivity contribution in [1.82, 2.24) is 5.32 Å². The normalized spacial score (nSPS) is 9.69. The zero-order valence-corrected chi connectivity index (χ0v) is 8.40. The van der Waals surface area contributed by atoms with E-state index in [0.29, 0.717) is 6.42 Å². The molecular formula is C10H13NOS. The van der Waals surface area contributed by atoms with Crippen LogP contribution in [-0.2, 0) is 13.0 Å². The summed E-state index contributed by atoms with van der Waals surface area (Å²) in [7, 11) is 1.81. The van der Waals surface area contributed by atoms with Gasteiger partial charge in [0.25, 0.3) is 0 Å². The monoisotopic (exact) mass is 195 g/mol. The van der Waals surface area contributed by atoms with Crippen molar-refractivity contribution in [2.75, 3.05) is 7.05 Å². The third-order valence-electron chi connectivity index (χ3n) is 1.92. The highest BCUT2D eigenvalue weighted by molar-refractivity contribution is 7.80. The van der Waals surface area contributed by atoms with Gasteiger partial charge in [-0.25, -0.2) is 0 Å². The lowest BCUT2D eigenvalue weighted by molar-refractivity contribution is 0.281. The van der Waals surface area contributed by atoms with E-state index in [2.05, 4.69) is 5.32 Å². The number of aliphatic hydroxyl groups excluding tert-OH is 1. The third-order valence-corrected chi connectivity index (χ3v) is 2.27. The first-order chi connectivity index (χ1) is 6.27. The van der Waals surface area contributed by atoms with Crippen molar-refractivity contribution < 1.29 is 5.11 Å². The van der Waals surface area contributed by atoms with E-state index >= 15 is 0 Å². The molecule has 0 amide bonds. The van der Waals surface area contributed by atoms with Crippen LogP contribution in [0.1, 0.15) is 11.1 Å². The molecule has 0 bridgehead atoms. The Morgan fingerprint density at radius 1 is 1.38 bits per heavy atom. The summed E-state index contributed by atoms with van der Waals surface area (Å²) in [5, 5.41) is 12.0. The summed E-state index contributed by atoms with van der Waals surface area (Å²) in [5.41, 5.74) is 2.03. The van der Waals surface area contributed by atoms with E-state index in [-0.39, 0.29) is 6.61 Å². The maximum Gasteiger partial charge on any atom is 0.0795 e. The van der Waals surface area contributed by atoms with Crippen molar-refractivity contribution in [3.8, 4) is 0 Å². The first-order valence-corrected chi connectivity index (χ1v) is 4.57. The van der Waals surface area contributed by atoms with Crippen LogP contribution in [-0.4, -0.2) is 17.1 Å². The Morgan fingerprint density at radius 2 is 2.00 bits per heavy atom. The van der Waals surface area contributed by atoms with Crippen molar-refractivity contribution in [3.63, 3.8) is 0 Å². The van der Waals surface area contributed by atoms with Gasteiger partial charge in [-0.1, -0.05) is 36.5 Å². The molecule has 0 saturated carbocycles. The lowest BCUT2D eigenvalue weighted by atomic mass is 10.1. The van der Waals surface area contributed by atoms with Crippen LogP contribution in [0.15, 0.2) is 24.3 Å². The van der Waals surface area contributed by atoms with Crippen LogP contribution < -0.4 is 5.32 Å². The lowest BCUT2D eigenvalue weighted by Gasteiger charge is -2.07. The molecule has 2 nitrogen and oxygen atoms in total. The van der Waals surface area contributed by atoms with Crippen LogP contribution in [0.25, 0.3) is 0 Å². The van der Waals surface area contributed by atoms with E-state index in [0.717, 1.165) is 16.1 Å². The summed E-state index contributed by atoms with van der Waals surface area (Å²) in [4.78, 5) is 0.793. The highest BCUT2D eigenvalue weighted by Crippen LogP contribution is 2.09. The van der Waals surface area contributed by atoms with E-state index in [1.54, 1.807) is 0 Å². The standard InChI is InChI=1S/C10H13NOS/c1-11-10(13)6-8-4-2-3-5-9(8)7-12/h2-5,12H,6-7H2,1H3,(H,11,13). The Labute approximate surface area is 83.6 Å². The van der Waals surface area contributed by atoms with Crippen LogP contribution >= 0.6 is 12.2 Å². The van der Waals surface area contributed by atoms with Crippen molar-refractivity contribution >= 4 is 17.2 Å². The Morgan fingerprint density at radius 3 is 2.54 bits per heavy atom. The predicted molar refractivity (Wildman–Crippen MR) is 57.7 cm³/mol. The Kier molecular flexibility index (Phi) is 3.86. The highest BCUT2D eigenvalue weighted by atomic mass is 32.1. The SMILES string of the molecule is CNC(=S)Cc1ccccc1CO. The molecule has 0 atom stereocenters. The zero-order chi connectivity index (χ0) is 9.68. The Balaban J connectivity index is 2.81. The van der Waals surface area contributed by atoms with E-state index in [4.69, 9.17) is 17.3 Å². The Bertz CT molecular complexity index is 299. The van der Waals surface area contributed by atoms with Crippen LogP contribution in [0.3, 0.4) is 0 Å². The predicted octanol–water partition coefficient (Wildman–Crippen LogP) is 1.27. The van der Waals surface area contributed by atoms with E-state index in [1.807, 2.05) is 31.3 Å². The van der Waals surface area contributed by atoms with Gasteiger partial charge >= 0.3 is 0 Å². The molecule has 13 heavy (non-hydrogen) atoms.